The summed E-state index contributed by atoms with van der Waals surface area (Å²) in [5, 5.41) is 9.81. The fraction of sp³-hybridized carbons (Fsp3) is 0.553. The molecule has 0 aromatic heterocycles. The largest absolute Gasteiger partial charge is 0.445 e. The van der Waals surface area contributed by atoms with Crippen LogP contribution in [0.5, 0.6) is 0 Å². The fourth-order valence-corrected chi connectivity index (χ4v) is 8.45. The Labute approximate surface area is 357 Å². The second kappa shape index (κ2) is 21.0. The summed E-state index contributed by atoms with van der Waals surface area (Å²) in [6.07, 6.45) is 5.06. The number of nitrogens with two attached hydrogens (primary N) is 1. The number of carbonyl (C=O) groups excluding carboxylic acids is 3. The molecule has 0 spiro atoms. The molecule has 328 valence electrons. The highest BCUT2D eigenvalue weighted by Gasteiger charge is 2.45. The third-order valence-electron chi connectivity index (χ3n) is 11.1. The van der Waals surface area contributed by atoms with Crippen molar-refractivity contribution >= 4 is 29.7 Å². The highest BCUT2D eigenvalue weighted by atomic mass is 16.6. The molecule has 4 atom stereocenters. The number of rotatable bonds is 9. The number of hydrogen-bond donors (Lipinski definition) is 3. The second-order valence-corrected chi connectivity index (χ2v) is 18.0. The number of anilines is 2. The molecule has 0 saturated carbocycles. The molecule has 3 aromatic carbocycles. The van der Waals surface area contributed by atoms with E-state index in [1.165, 1.54) is 16.9 Å². The Morgan fingerprint density at radius 3 is 1.40 bits per heavy atom. The van der Waals surface area contributed by atoms with Crippen molar-refractivity contribution in [1.29, 1.82) is 0 Å². The van der Waals surface area contributed by atoms with Crippen molar-refractivity contribution in [3.05, 3.63) is 95.6 Å². The lowest BCUT2D eigenvalue weighted by Gasteiger charge is -2.42. The molecule has 4 saturated heterocycles. The van der Waals surface area contributed by atoms with Gasteiger partial charge in [-0.3, -0.25) is 9.80 Å². The van der Waals surface area contributed by atoms with E-state index in [0.29, 0.717) is 13.1 Å². The van der Waals surface area contributed by atoms with Gasteiger partial charge in [-0.1, -0.05) is 54.6 Å². The SMILES string of the molecule is CC(C)(C)OC(=O)N1C2CCC1CN(c1ccc(CCN)cc1)C2.CC(C)(C)OC(=O)N1C2CCC1CN(c1ccc(CCNC(=O)OCc3ccccc3)cc1)C2.CO. The van der Waals surface area contributed by atoms with E-state index in [-0.39, 0.29) is 43.0 Å². The minimum Gasteiger partial charge on any atom is -0.445 e. The highest BCUT2D eigenvalue weighted by Crippen LogP contribution is 2.35. The fourth-order valence-electron chi connectivity index (χ4n) is 8.45. The van der Waals surface area contributed by atoms with Crippen LogP contribution in [0.4, 0.5) is 25.8 Å². The first-order valence-electron chi connectivity index (χ1n) is 21.5. The number of benzene rings is 3. The molecular formula is C47H68N6O7. The van der Waals surface area contributed by atoms with Crippen molar-refractivity contribution in [3.63, 3.8) is 0 Å². The molecule has 7 rings (SSSR count). The summed E-state index contributed by atoms with van der Waals surface area (Å²) in [4.78, 5) is 45.8. The van der Waals surface area contributed by atoms with Crippen LogP contribution in [0.15, 0.2) is 78.9 Å². The van der Waals surface area contributed by atoms with E-state index in [1.807, 2.05) is 81.7 Å². The maximum Gasteiger partial charge on any atom is 0.410 e. The molecule has 60 heavy (non-hydrogen) atoms. The number of nitrogens with one attached hydrogen (secondary N) is 1. The van der Waals surface area contributed by atoms with Crippen molar-refractivity contribution < 1.29 is 33.7 Å². The predicted molar refractivity (Wildman–Crippen MR) is 236 cm³/mol. The third-order valence-corrected chi connectivity index (χ3v) is 11.1. The molecule has 4 aliphatic heterocycles. The molecule has 4 N–H and O–H groups in total. The Morgan fingerprint density at radius 2 is 1.02 bits per heavy atom. The number of amides is 3. The van der Waals surface area contributed by atoms with Crippen LogP contribution in [0.2, 0.25) is 0 Å². The van der Waals surface area contributed by atoms with Crippen LogP contribution in [0.3, 0.4) is 0 Å². The topological polar surface area (TPSA) is 150 Å². The molecule has 3 amide bonds. The van der Waals surface area contributed by atoms with Crippen molar-refractivity contribution in [2.45, 2.75) is 122 Å². The average Bonchev–Trinajstić information content (AvgIpc) is 3.65. The van der Waals surface area contributed by atoms with Crippen LogP contribution in [-0.4, -0.2) is 115 Å². The van der Waals surface area contributed by atoms with Gasteiger partial charge >= 0.3 is 18.3 Å². The van der Waals surface area contributed by atoms with Gasteiger partial charge in [-0.05, 0) is 128 Å². The van der Waals surface area contributed by atoms with Gasteiger partial charge in [0.1, 0.15) is 17.8 Å². The number of hydrogen-bond acceptors (Lipinski definition) is 10. The Hall–Kier alpha value is -5.01. The summed E-state index contributed by atoms with van der Waals surface area (Å²) in [6.45, 7) is 16.4. The third kappa shape index (κ3) is 13.0. The van der Waals surface area contributed by atoms with Gasteiger partial charge in [-0.25, -0.2) is 14.4 Å². The lowest BCUT2D eigenvalue weighted by molar-refractivity contribution is 0.0112. The number of aliphatic hydroxyl groups is 1. The van der Waals surface area contributed by atoms with E-state index < -0.39 is 17.3 Å². The van der Waals surface area contributed by atoms with Crippen LogP contribution in [0.1, 0.15) is 83.9 Å². The lowest BCUT2D eigenvalue weighted by atomic mass is 10.1. The average molecular weight is 829 g/mol. The Bertz CT molecular complexity index is 1780. The molecule has 3 aromatic rings. The van der Waals surface area contributed by atoms with Crippen molar-refractivity contribution in [3.8, 4) is 0 Å². The number of piperazine rings is 2. The van der Waals surface area contributed by atoms with Crippen LogP contribution in [-0.2, 0) is 33.7 Å². The summed E-state index contributed by atoms with van der Waals surface area (Å²) in [5.41, 5.74) is 10.5. The zero-order valence-corrected chi connectivity index (χ0v) is 36.8. The summed E-state index contributed by atoms with van der Waals surface area (Å²) >= 11 is 0. The van der Waals surface area contributed by atoms with E-state index in [0.717, 1.165) is 82.9 Å². The first-order valence-corrected chi connectivity index (χ1v) is 21.5. The number of carbonyl (C=O) groups is 3. The van der Waals surface area contributed by atoms with Gasteiger partial charge in [0.2, 0.25) is 0 Å². The second-order valence-electron chi connectivity index (χ2n) is 18.0. The van der Waals surface area contributed by atoms with Gasteiger partial charge in [-0.2, -0.15) is 0 Å². The summed E-state index contributed by atoms with van der Waals surface area (Å²) < 4.78 is 16.5. The normalized spacial score (nSPS) is 20.6. The molecule has 13 nitrogen and oxygen atoms in total. The maximum atomic E-state index is 12.7. The number of nitrogens with zero attached hydrogens (tertiary/aromatic N) is 4. The summed E-state index contributed by atoms with van der Waals surface area (Å²) in [6, 6.07) is 27.7. The monoisotopic (exact) mass is 829 g/mol. The zero-order chi connectivity index (χ0) is 43.5. The molecule has 4 fully saturated rings. The van der Waals surface area contributed by atoms with Crippen molar-refractivity contribution in [2.24, 2.45) is 5.73 Å². The zero-order valence-electron chi connectivity index (χ0n) is 36.8. The highest BCUT2D eigenvalue weighted by molar-refractivity contribution is 5.71. The predicted octanol–water partition coefficient (Wildman–Crippen LogP) is 7.13. The first-order chi connectivity index (χ1) is 28.7. The molecular weight excluding hydrogens is 761 g/mol. The first kappa shape index (κ1) is 46.1. The van der Waals surface area contributed by atoms with E-state index >= 15 is 0 Å². The van der Waals surface area contributed by atoms with E-state index in [2.05, 4.69) is 63.6 Å². The number of ether oxygens (including phenoxy) is 3. The maximum absolute atomic E-state index is 12.7. The number of fused-ring (bicyclic) bond motifs is 4. The van der Waals surface area contributed by atoms with E-state index in [1.54, 1.807) is 0 Å². The summed E-state index contributed by atoms with van der Waals surface area (Å²) in [7, 11) is 1.00. The van der Waals surface area contributed by atoms with E-state index in [4.69, 9.17) is 25.1 Å². The van der Waals surface area contributed by atoms with Gasteiger partial charge < -0.3 is 40.2 Å². The Kier molecular flexibility index (Phi) is 16.1. The molecule has 4 aliphatic rings. The molecule has 4 unspecified atom stereocenters. The van der Waals surface area contributed by atoms with E-state index in [9.17, 15) is 14.4 Å². The molecule has 0 radical (unpaired) electrons. The lowest BCUT2D eigenvalue weighted by Crippen LogP contribution is -2.56. The number of alkyl carbamates (subject to hydrolysis) is 1. The molecule has 13 heteroatoms. The Morgan fingerprint density at radius 1 is 0.617 bits per heavy atom. The molecule has 4 heterocycles. The van der Waals surface area contributed by atoms with Gasteiger partial charge in [0.15, 0.2) is 0 Å². The van der Waals surface area contributed by atoms with Gasteiger partial charge in [0.05, 0.1) is 24.2 Å². The smallest absolute Gasteiger partial charge is 0.410 e. The quantitative estimate of drug-likeness (QED) is 0.190. The minimum absolute atomic E-state index is 0.159. The van der Waals surface area contributed by atoms with Gasteiger partial charge in [0.25, 0.3) is 0 Å². The number of aliphatic hydroxyl groups excluding tert-OH is 1. The van der Waals surface area contributed by atoms with Crippen molar-refractivity contribution in [1.82, 2.24) is 15.1 Å². The van der Waals surface area contributed by atoms with Crippen LogP contribution in [0, 0.1) is 0 Å². The van der Waals surface area contributed by atoms with Crippen LogP contribution >= 0.6 is 0 Å². The molecule has 4 bridgehead atoms. The Balaban J connectivity index is 0.000000231. The van der Waals surface area contributed by atoms with Crippen LogP contribution in [0.25, 0.3) is 0 Å². The molecule has 0 aliphatic carbocycles. The minimum atomic E-state index is -0.475. The standard InChI is InChI=1S/C27H35N3O4.C19H29N3O2.CH4O/c1-27(2,3)34-26(32)30-23-13-14-24(30)18-29(17-23)22-11-9-20(10-12-22)15-16-28-25(31)33-19-21-7-5-4-6-8-21;1-19(2,3)24-18(23)22-16-8-9-17(22)13-21(12-16)15-6-4-14(5-7-15)10-11-20;1-2/h4-12,23-24H,13-19H2,1-3H3,(H,28,31);4-7,16-17H,8-13,20H2,1-3H3;2H,1H3. The van der Waals surface area contributed by atoms with Crippen LogP contribution < -0.4 is 20.9 Å². The van der Waals surface area contributed by atoms with Crippen molar-refractivity contribution in [2.75, 3.05) is 56.2 Å². The van der Waals surface area contributed by atoms with Gasteiger partial charge in [-0.15, -0.1) is 0 Å². The van der Waals surface area contributed by atoms with Gasteiger partial charge in [0, 0.05) is 51.2 Å². The summed E-state index contributed by atoms with van der Waals surface area (Å²) in [5.74, 6) is 0.